The Labute approximate surface area is 141 Å². The molecule has 0 N–H and O–H groups in total. The Morgan fingerprint density at radius 3 is 1.96 bits per heavy atom. The van der Waals surface area contributed by atoms with Gasteiger partial charge in [-0.1, -0.05) is 0 Å². The molecule has 0 spiro atoms. The average Bonchev–Trinajstić information content (AvgIpc) is 2.54. The summed E-state index contributed by atoms with van der Waals surface area (Å²) in [7, 11) is 5.83. The molecule has 0 aromatic rings. The van der Waals surface area contributed by atoms with E-state index in [-0.39, 0.29) is 6.61 Å². The highest BCUT2D eigenvalue weighted by Gasteiger charge is 2.51. The molecule has 0 aliphatic carbocycles. The van der Waals surface area contributed by atoms with E-state index in [9.17, 15) is 9.59 Å². The summed E-state index contributed by atoms with van der Waals surface area (Å²) in [6.07, 6.45) is -4.27. The Hall–Kier alpha value is -1.26. The summed E-state index contributed by atoms with van der Waals surface area (Å²) in [6.45, 7) is 2.56. The number of carbonyl (C=O) groups excluding carboxylic acids is 2. The molecular weight excluding hydrogens is 324 g/mol. The summed E-state index contributed by atoms with van der Waals surface area (Å²) in [5.74, 6) is -0.935. The molecule has 0 aromatic heterocycles. The molecule has 6 atom stereocenters. The molecule has 1 aliphatic heterocycles. The van der Waals surface area contributed by atoms with Crippen LogP contribution in [0.5, 0.6) is 0 Å². The van der Waals surface area contributed by atoms with Crippen LogP contribution in [0.4, 0.5) is 0 Å². The van der Waals surface area contributed by atoms with Crippen LogP contribution in [-0.4, -0.2) is 83.8 Å². The van der Waals surface area contributed by atoms with Gasteiger partial charge >= 0.3 is 11.9 Å². The lowest BCUT2D eigenvalue weighted by atomic mass is 9.94. The van der Waals surface area contributed by atoms with Crippen LogP contribution in [0.15, 0.2) is 0 Å². The highest BCUT2D eigenvalue weighted by molar-refractivity contribution is 5.66. The van der Waals surface area contributed by atoms with Crippen LogP contribution < -0.4 is 0 Å². The van der Waals surface area contributed by atoms with Crippen molar-refractivity contribution >= 4 is 11.9 Å². The zero-order valence-electron chi connectivity index (χ0n) is 14.8. The first kappa shape index (κ1) is 20.8. The number of carbonyl (C=O) groups is 2. The number of hydrogen-bond acceptors (Lipinski definition) is 9. The number of esters is 2. The van der Waals surface area contributed by atoms with E-state index in [1.54, 1.807) is 0 Å². The van der Waals surface area contributed by atoms with E-state index in [4.69, 9.17) is 33.2 Å². The molecule has 24 heavy (non-hydrogen) atoms. The van der Waals surface area contributed by atoms with E-state index >= 15 is 0 Å². The van der Waals surface area contributed by atoms with Gasteiger partial charge in [-0.2, -0.15) is 0 Å². The van der Waals surface area contributed by atoms with Crippen molar-refractivity contribution in [3.8, 4) is 0 Å². The normalized spacial score (nSPS) is 31.3. The molecule has 0 unspecified atom stereocenters. The van der Waals surface area contributed by atoms with Gasteiger partial charge in [0.05, 0.1) is 0 Å². The fourth-order valence-electron chi connectivity index (χ4n) is 2.67. The van der Waals surface area contributed by atoms with Gasteiger partial charge in [0, 0.05) is 42.3 Å². The topological polar surface area (TPSA) is 98.8 Å². The van der Waals surface area contributed by atoms with E-state index in [2.05, 4.69) is 0 Å². The van der Waals surface area contributed by atoms with Crippen LogP contribution in [0.25, 0.3) is 0 Å². The molecule has 1 aliphatic rings. The van der Waals surface area contributed by atoms with Gasteiger partial charge in [-0.05, 0) is 0 Å². The molecule has 0 amide bonds. The first-order valence-corrected chi connectivity index (χ1v) is 7.46. The number of hydrogen-bond donors (Lipinski definition) is 0. The second-order valence-electron chi connectivity index (χ2n) is 5.26. The Bertz CT molecular complexity index is 412. The third-order valence-corrected chi connectivity index (χ3v) is 3.73. The third-order valence-electron chi connectivity index (χ3n) is 3.73. The maximum absolute atomic E-state index is 11.4. The lowest BCUT2D eigenvalue weighted by Gasteiger charge is -2.45. The van der Waals surface area contributed by atoms with E-state index in [1.807, 2.05) is 0 Å². The Kier molecular flexibility index (Phi) is 8.57. The monoisotopic (exact) mass is 350 g/mol. The summed E-state index contributed by atoms with van der Waals surface area (Å²) >= 11 is 0. The second kappa shape index (κ2) is 9.90. The SMILES string of the molecule is CO[C@@H]1O[C@H]([C@@H](COC(C)=O)OC)[C@@H](OC)[C@H](OC)[C@H]1OC(C)=O. The molecule has 1 heterocycles. The summed E-state index contributed by atoms with van der Waals surface area (Å²) in [5.41, 5.74) is 0. The van der Waals surface area contributed by atoms with Crippen molar-refractivity contribution in [2.45, 2.75) is 50.7 Å². The quantitative estimate of drug-likeness (QED) is 0.556. The molecule has 1 saturated heterocycles. The summed E-state index contributed by atoms with van der Waals surface area (Å²) in [6, 6.07) is 0. The van der Waals surface area contributed by atoms with Gasteiger partial charge in [0.25, 0.3) is 0 Å². The van der Waals surface area contributed by atoms with Crippen molar-refractivity contribution in [3.63, 3.8) is 0 Å². The molecule has 9 nitrogen and oxygen atoms in total. The maximum atomic E-state index is 11.4. The van der Waals surface area contributed by atoms with Gasteiger partial charge in [0.15, 0.2) is 12.4 Å². The summed E-state index contributed by atoms with van der Waals surface area (Å²) < 4.78 is 37.7. The van der Waals surface area contributed by atoms with Gasteiger partial charge in [0.1, 0.15) is 31.0 Å². The van der Waals surface area contributed by atoms with E-state index in [0.29, 0.717) is 0 Å². The lowest BCUT2D eigenvalue weighted by Crippen LogP contribution is -2.64. The fourth-order valence-corrected chi connectivity index (χ4v) is 2.67. The van der Waals surface area contributed by atoms with Crippen LogP contribution in [0.1, 0.15) is 13.8 Å². The molecule has 0 bridgehead atoms. The summed E-state index contributed by atoms with van der Waals surface area (Å²) in [4.78, 5) is 22.4. The van der Waals surface area contributed by atoms with Crippen LogP contribution in [0, 0.1) is 0 Å². The zero-order chi connectivity index (χ0) is 18.3. The van der Waals surface area contributed by atoms with E-state index in [1.165, 1.54) is 42.3 Å². The smallest absolute Gasteiger partial charge is 0.303 e. The maximum Gasteiger partial charge on any atom is 0.303 e. The van der Waals surface area contributed by atoms with Crippen molar-refractivity contribution in [1.82, 2.24) is 0 Å². The van der Waals surface area contributed by atoms with Crippen molar-refractivity contribution < 1.29 is 42.7 Å². The van der Waals surface area contributed by atoms with Crippen molar-refractivity contribution in [3.05, 3.63) is 0 Å². The summed E-state index contributed by atoms with van der Waals surface area (Å²) in [5, 5.41) is 0. The van der Waals surface area contributed by atoms with Crippen molar-refractivity contribution in [2.75, 3.05) is 35.0 Å². The van der Waals surface area contributed by atoms with Gasteiger partial charge < -0.3 is 33.2 Å². The van der Waals surface area contributed by atoms with Crippen LogP contribution in [0.3, 0.4) is 0 Å². The molecule has 1 fully saturated rings. The molecule has 1 rings (SSSR count). The first-order chi connectivity index (χ1) is 11.4. The van der Waals surface area contributed by atoms with Gasteiger partial charge in [-0.3, -0.25) is 9.59 Å². The molecule has 0 saturated carbocycles. The van der Waals surface area contributed by atoms with Crippen LogP contribution >= 0.6 is 0 Å². The fraction of sp³-hybridized carbons (Fsp3) is 0.867. The molecule has 9 heteroatoms. The third kappa shape index (κ3) is 5.12. The van der Waals surface area contributed by atoms with Crippen LogP contribution in [0.2, 0.25) is 0 Å². The lowest BCUT2D eigenvalue weighted by molar-refractivity contribution is -0.316. The van der Waals surface area contributed by atoms with E-state index in [0.717, 1.165) is 0 Å². The highest BCUT2D eigenvalue weighted by atomic mass is 16.7. The number of rotatable bonds is 8. The minimum absolute atomic E-state index is 0.0263. The second-order valence-corrected chi connectivity index (χ2v) is 5.26. The van der Waals surface area contributed by atoms with E-state index < -0.39 is 48.7 Å². The minimum Gasteiger partial charge on any atom is -0.463 e. The minimum atomic E-state index is -0.884. The Morgan fingerprint density at radius 1 is 0.917 bits per heavy atom. The number of methoxy groups -OCH3 is 4. The number of ether oxygens (including phenoxy) is 7. The predicted molar refractivity (Wildman–Crippen MR) is 80.2 cm³/mol. The van der Waals surface area contributed by atoms with Crippen molar-refractivity contribution in [2.24, 2.45) is 0 Å². The van der Waals surface area contributed by atoms with Crippen molar-refractivity contribution in [1.29, 1.82) is 0 Å². The zero-order valence-corrected chi connectivity index (χ0v) is 14.8. The first-order valence-electron chi connectivity index (χ1n) is 7.46. The largest absolute Gasteiger partial charge is 0.463 e. The molecule has 140 valence electrons. The van der Waals surface area contributed by atoms with Gasteiger partial charge in [-0.25, -0.2) is 0 Å². The predicted octanol–water partition coefficient (Wildman–Crippen LogP) is -0.102. The Balaban J connectivity index is 3.03. The molecule has 0 aromatic carbocycles. The van der Waals surface area contributed by atoms with Gasteiger partial charge in [-0.15, -0.1) is 0 Å². The molecular formula is C15H26O9. The average molecular weight is 350 g/mol. The standard InChI is InChI=1S/C15H26O9/c1-8(16)22-7-10(18-3)11-12(19-4)13(20-5)14(23-9(2)17)15(21-6)24-11/h10-15H,7H2,1-6H3/t10-,11-,12-,13+,14-,15-/m1/s1. The van der Waals surface area contributed by atoms with Gasteiger partial charge in [0.2, 0.25) is 0 Å². The van der Waals surface area contributed by atoms with Crippen LogP contribution in [-0.2, 0) is 42.7 Å². The molecule has 0 radical (unpaired) electrons. The highest BCUT2D eigenvalue weighted by Crippen LogP contribution is 2.30. The Morgan fingerprint density at radius 2 is 1.54 bits per heavy atom.